The second kappa shape index (κ2) is 5.34. The molecule has 110 valence electrons. The standard InChI is InChI=1S/C15H14N6S/c16-14-21-20-13(22-14)11-7-17-15(18-8-11)19-12-5-9-3-1-2-4-10(9)6-12/h1-4,7-8,12H,5-6H2,(H2,16,21)(H,17,18,19). The van der Waals surface area contributed by atoms with E-state index >= 15 is 0 Å². The van der Waals surface area contributed by atoms with E-state index in [4.69, 9.17) is 5.73 Å². The van der Waals surface area contributed by atoms with Gasteiger partial charge in [-0.15, -0.1) is 10.2 Å². The number of hydrogen-bond donors (Lipinski definition) is 2. The van der Waals surface area contributed by atoms with Gasteiger partial charge in [-0.05, 0) is 24.0 Å². The summed E-state index contributed by atoms with van der Waals surface area (Å²) in [5.74, 6) is 0.638. The van der Waals surface area contributed by atoms with E-state index < -0.39 is 0 Å². The zero-order chi connectivity index (χ0) is 14.9. The van der Waals surface area contributed by atoms with E-state index in [-0.39, 0.29) is 0 Å². The van der Waals surface area contributed by atoms with Crippen LogP contribution >= 0.6 is 11.3 Å². The summed E-state index contributed by atoms with van der Waals surface area (Å²) in [7, 11) is 0. The Labute approximate surface area is 131 Å². The Morgan fingerprint density at radius 3 is 2.32 bits per heavy atom. The summed E-state index contributed by atoms with van der Waals surface area (Å²) in [6, 6.07) is 8.88. The average Bonchev–Trinajstić information content (AvgIpc) is 3.13. The van der Waals surface area contributed by atoms with Crippen molar-refractivity contribution in [2.24, 2.45) is 0 Å². The highest BCUT2D eigenvalue weighted by Gasteiger charge is 2.21. The molecule has 0 fully saturated rings. The summed E-state index contributed by atoms with van der Waals surface area (Å²) in [4.78, 5) is 8.73. The highest BCUT2D eigenvalue weighted by molar-refractivity contribution is 7.18. The first kappa shape index (κ1) is 13.1. The second-order valence-electron chi connectivity index (χ2n) is 5.26. The van der Waals surface area contributed by atoms with Crippen LogP contribution in [0.15, 0.2) is 36.7 Å². The zero-order valence-corrected chi connectivity index (χ0v) is 12.5. The lowest BCUT2D eigenvalue weighted by Crippen LogP contribution is -2.20. The number of benzene rings is 1. The molecule has 0 saturated heterocycles. The molecule has 6 nitrogen and oxygen atoms in total. The predicted octanol–water partition coefficient (Wildman–Crippen LogP) is 2.16. The maximum atomic E-state index is 5.59. The molecule has 0 spiro atoms. The number of anilines is 2. The van der Waals surface area contributed by atoms with Crippen LogP contribution < -0.4 is 11.1 Å². The summed E-state index contributed by atoms with van der Waals surface area (Å²) in [6.07, 6.45) is 5.51. The fraction of sp³-hybridized carbons (Fsp3) is 0.200. The molecule has 0 amide bonds. The van der Waals surface area contributed by atoms with E-state index in [1.165, 1.54) is 22.5 Å². The van der Waals surface area contributed by atoms with E-state index in [9.17, 15) is 0 Å². The molecule has 7 heteroatoms. The number of hydrogen-bond acceptors (Lipinski definition) is 7. The fourth-order valence-corrected chi connectivity index (χ4v) is 3.29. The summed E-state index contributed by atoms with van der Waals surface area (Å²) in [6.45, 7) is 0. The SMILES string of the molecule is Nc1nnc(-c2cnc(NC3Cc4ccccc4C3)nc2)s1. The summed E-state index contributed by atoms with van der Waals surface area (Å²) < 4.78 is 0. The van der Waals surface area contributed by atoms with Crippen LogP contribution in [0.5, 0.6) is 0 Å². The Kier molecular flexibility index (Phi) is 3.19. The van der Waals surface area contributed by atoms with Gasteiger partial charge in [0, 0.05) is 24.0 Å². The van der Waals surface area contributed by atoms with Crippen LogP contribution in [0.4, 0.5) is 11.1 Å². The van der Waals surface area contributed by atoms with Crippen LogP contribution in [0.25, 0.3) is 10.6 Å². The Morgan fingerprint density at radius 2 is 1.73 bits per heavy atom. The summed E-state index contributed by atoms with van der Waals surface area (Å²) >= 11 is 1.33. The van der Waals surface area contributed by atoms with Crippen molar-refractivity contribution < 1.29 is 0 Å². The lowest BCUT2D eigenvalue weighted by atomic mass is 10.1. The summed E-state index contributed by atoms with van der Waals surface area (Å²) in [5.41, 5.74) is 9.22. The van der Waals surface area contributed by atoms with Gasteiger partial charge >= 0.3 is 0 Å². The molecular formula is C15H14N6S. The van der Waals surface area contributed by atoms with Gasteiger partial charge in [-0.3, -0.25) is 0 Å². The number of nitrogens with one attached hydrogen (secondary N) is 1. The van der Waals surface area contributed by atoms with Gasteiger partial charge in [0.2, 0.25) is 11.1 Å². The molecule has 4 rings (SSSR count). The third kappa shape index (κ3) is 2.50. The van der Waals surface area contributed by atoms with E-state index in [1.807, 2.05) is 0 Å². The number of aromatic nitrogens is 4. The minimum atomic E-state index is 0.348. The first-order chi connectivity index (χ1) is 10.8. The Balaban J connectivity index is 1.46. The van der Waals surface area contributed by atoms with Crippen molar-refractivity contribution in [3.63, 3.8) is 0 Å². The molecule has 2 heterocycles. The first-order valence-electron chi connectivity index (χ1n) is 7.02. The quantitative estimate of drug-likeness (QED) is 0.770. The number of nitrogen functional groups attached to an aromatic ring is 1. The molecular weight excluding hydrogens is 296 g/mol. The molecule has 0 unspecified atom stereocenters. The van der Waals surface area contributed by atoms with Gasteiger partial charge in [0.25, 0.3) is 0 Å². The Bertz CT molecular complexity index is 773. The van der Waals surface area contributed by atoms with E-state index in [1.54, 1.807) is 12.4 Å². The highest BCUT2D eigenvalue weighted by atomic mass is 32.1. The minimum Gasteiger partial charge on any atom is -0.374 e. The van der Waals surface area contributed by atoms with Crippen LogP contribution in [0.3, 0.4) is 0 Å². The molecule has 22 heavy (non-hydrogen) atoms. The lowest BCUT2D eigenvalue weighted by Gasteiger charge is -2.11. The maximum Gasteiger partial charge on any atom is 0.222 e. The van der Waals surface area contributed by atoms with Crippen LogP contribution in [-0.2, 0) is 12.8 Å². The molecule has 1 aliphatic rings. The van der Waals surface area contributed by atoms with E-state index in [2.05, 4.69) is 49.7 Å². The third-order valence-electron chi connectivity index (χ3n) is 3.72. The van der Waals surface area contributed by atoms with Crippen LogP contribution in [-0.4, -0.2) is 26.2 Å². The normalized spacial score (nSPS) is 14.0. The number of fused-ring (bicyclic) bond motifs is 1. The van der Waals surface area contributed by atoms with Crippen molar-refractivity contribution in [1.29, 1.82) is 0 Å². The van der Waals surface area contributed by atoms with Crippen LogP contribution in [0.1, 0.15) is 11.1 Å². The molecule has 0 radical (unpaired) electrons. The van der Waals surface area contributed by atoms with Gasteiger partial charge in [0.05, 0.1) is 0 Å². The monoisotopic (exact) mass is 310 g/mol. The smallest absolute Gasteiger partial charge is 0.222 e. The van der Waals surface area contributed by atoms with Gasteiger partial charge in [0.15, 0.2) is 5.01 Å². The van der Waals surface area contributed by atoms with Gasteiger partial charge in [-0.25, -0.2) is 9.97 Å². The van der Waals surface area contributed by atoms with Gasteiger partial charge in [0.1, 0.15) is 0 Å². The van der Waals surface area contributed by atoms with Crippen molar-refractivity contribution in [2.75, 3.05) is 11.1 Å². The molecule has 2 aromatic heterocycles. The number of nitrogens with two attached hydrogens (primary N) is 1. The summed E-state index contributed by atoms with van der Waals surface area (Å²) in [5, 5.41) is 12.4. The highest BCUT2D eigenvalue weighted by Crippen LogP contribution is 2.25. The first-order valence-corrected chi connectivity index (χ1v) is 7.84. The van der Waals surface area contributed by atoms with Crippen molar-refractivity contribution in [1.82, 2.24) is 20.2 Å². The Morgan fingerprint density at radius 1 is 1.05 bits per heavy atom. The van der Waals surface area contributed by atoms with Gasteiger partial charge in [-0.1, -0.05) is 35.6 Å². The second-order valence-corrected chi connectivity index (χ2v) is 6.27. The third-order valence-corrected chi connectivity index (χ3v) is 4.53. The minimum absolute atomic E-state index is 0.348. The average molecular weight is 310 g/mol. The zero-order valence-electron chi connectivity index (χ0n) is 11.7. The molecule has 0 bridgehead atoms. The molecule has 3 aromatic rings. The Hall–Kier alpha value is -2.54. The molecule has 0 atom stereocenters. The van der Waals surface area contributed by atoms with Gasteiger partial charge < -0.3 is 11.1 Å². The van der Waals surface area contributed by atoms with Crippen molar-refractivity contribution in [2.45, 2.75) is 18.9 Å². The van der Waals surface area contributed by atoms with Crippen molar-refractivity contribution in [3.8, 4) is 10.6 Å². The van der Waals surface area contributed by atoms with Crippen molar-refractivity contribution >= 4 is 22.4 Å². The molecule has 0 aliphatic heterocycles. The van der Waals surface area contributed by atoms with Crippen LogP contribution in [0, 0.1) is 0 Å². The number of nitrogens with zero attached hydrogens (tertiary/aromatic N) is 4. The van der Waals surface area contributed by atoms with Gasteiger partial charge in [-0.2, -0.15) is 0 Å². The van der Waals surface area contributed by atoms with E-state index in [0.29, 0.717) is 17.1 Å². The molecule has 0 saturated carbocycles. The molecule has 3 N–H and O–H groups in total. The lowest BCUT2D eigenvalue weighted by molar-refractivity contribution is 0.761. The maximum absolute atomic E-state index is 5.59. The van der Waals surface area contributed by atoms with Crippen molar-refractivity contribution in [3.05, 3.63) is 47.8 Å². The molecule has 1 aliphatic carbocycles. The van der Waals surface area contributed by atoms with Crippen LogP contribution in [0.2, 0.25) is 0 Å². The largest absolute Gasteiger partial charge is 0.374 e. The number of rotatable bonds is 3. The molecule has 1 aromatic carbocycles. The fourth-order valence-electron chi connectivity index (χ4n) is 2.71. The van der Waals surface area contributed by atoms with E-state index in [0.717, 1.165) is 23.4 Å². The topological polar surface area (TPSA) is 89.6 Å². The predicted molar refractivity (Wildman–Crippen MR) is 86.6 cm³/mol.